The Kier molecular flexibility index (Phi) is 8.83. The number of hydrogen-bond donors (Lipinski definition) is 0. The van der Waals surface area contributed by atoms with E-state index in [2.05, 4.69) is 220 Å². The number of nitrogens with zero attached hydrogens (tertiary/aromatic N) is 2. The van der Waals surface area contributed by atoms with E-state index in [-0.39, 0.29) is 0 Å². The van der Waals surface area contributed by atoms with Gasteiger partial charge < -0.3 is 9.80 Å². The summed E-state index contributed by atoms with van der Waals surface area (Å²) in [6.45, 7) is 8.58. The zero-order valence-electron chi connectivity index (χ0n) is 32.1. The summed E-state index contributed by atoms with van der Waals surface area (Å²) in [7, 11) is 0. The van der Waals surface area contributed by atoms with Crippen molar-refractivity contribution in [1.82, 2.24) is 0 Å². The zero-order chi connectivity index (χ0) is 37.5. The largest absolute Gasteiger partial charge is 0.311 e. The molecule has 9 rings (SSSR count). The molecule has 0 spiro atoms. The van der Waals surface area contributed by atoms with E-state index < -0.39 is 5.41 Å². The molecule has 2 aliphatic rings. The maximum Gasteiger partial charge on any atom is 0.0710 e. The van der Waals surface area contributed by atoms with Gasteiger partial charge in [0.25, 0.3) is 0 Å². The molecular weight excluding hydrogens is 665 g/mol. The van der Waals surface area contributed by atoms with Gasteiger partial charge >= 0.3 is 0 Å². The summed E-state index contributed by atoms with van der Waals surface area (Å²) >= 11 is 0. The first-order valence-corrected chi connectivity index (χ1v) is 19.5. The second-order valence-corrected chi connectivity index (χ2v) is 15.2. The van der Waals surface area contributed by atoms with Crippen molar-refractivity contribution >= 4 is 39.7 Å². The summed E-state index contributed by atoms with van der Waals surface area (Å²) < 4.78 is 0. The molecule has 55 heavy (non-hydrogen) atoms. The molecule has 0 saturated carbocycles. The maximum absolute atomic E-state index is 2.41. The van der Waals surface area contributed by atoms with E-state index in [1.54, 1.807) is 0 Å². The van der Waals surface area contributed by atoms with Crippen LogP contribution < -0.4 is 9.80 Å². The first-order valence-electron chi connectivity index (χ1n) is 19.5. The molecule has 0 aliphatic heterocycles. The maximum atomic E-state index is 2.41. The van der Waals surface area contributed by atoms with Crippen molar-refractivity contribution in [3.63, 3.8) is 0 Å². The molecule has 0 fully saturated rings. The zero-order valence-corrected chi connectivity index (χ0v) is 32.1. The van der Waals surface area contributed by atoms with Crippen molar-refractivity contribution in [2.75, 3.05) is 9.80 Å². The van der Waals surface area contributed by atoms with Gasteiger partial charge in [-0.3, -0.25) is 0 Å². The van der Waals surface area contributed by atoms with Crippen molar-refractivity contribution in [3.05, 3.63) is 232 Å². The molecular formula is C53H46N2. The van der Waals surface area contributed by atoms with Gasteiger partial charge in [0.2, 0.25) is 0 Å². The summed E-state index contributed by atoms with van der Waals surface area (Å²) in [4.78, 5) is 4.73. The van der Waals surface area contributed by atoms with E-state index in [0.717, 1.165) is 47.0 Å². The van der Waals surface area contributed by atoms with Crippen molar-refractivity contribution < 1.29 is 0 Å². The second kappa shape index (κ2) is 14.1. The monoisotopic (exact) mass is 710 g/mol. The summed E-state index contributed by atoms with van der Waals surface area (Å²) in [5, 5.41) is 0. The van der Waals surface area contributed by atoms with Gasteiger partial charge in [-0.05, 0) is 147 Å². The van der Waals surface area contributed by atoms with Crippen LogP contribution in [0.1, 0.15) is 57.3 Å². The number of anilines is 6. The van der Waals surface area contributed by atoms with Gasteiger partial charge in [0.05, 0.1) is 5.41 Å². The van der Waals surface area contributed by atoms with Crippen LogP contribution in [-0.2, 0) is 5.41 Å². The molecule has 0 bridgehead atoms. The quantitative estimate of drug-likeness (QED) is 0.155. The SMILES string of the molecule is Cc1ccc(N(c2ccc(C)cc2)c2ccc(C3(c4ccc(N(c5ccc(C)cc5)c5ccc(C)cc5)cc4)C4=C(CCC=C4)c4ccccc43)cc2)cc1. The Balaban J connectivity index is 1.20. The highest BCUT2D eigenvalue weighted by Crippen LogP contribution is 2.57. The summed E-state index contributed by atoms with van der Waals surface area (Å²) in [5.74, 6) is 0. The Hall–Kier alpha value is -6.38. The van der Waals surface area contributed by atoms with Crippen molar-refractivity contribution in [2.24, 2.45) is 0 Å². The lowest BCUT2D eigenvalue weighted by Gasteiger charge is -2.36. The molecule has 0 unspecified atom stereocenters. The molecule has 2 heteroatoms. The minimum absolute atomic E-state index is 0.461. The highest BCUT2D eigenvalue weighted by Gasteiger charge is 2.47. The lowest BCUT2D eigenvalue weighted by Crippen LogP contribution is -2.29. The van der Waals surface area contributed by atoms with Crippen LogP contribution in [-0.4, -0.2) is 0 Å². The van der Waals surface area contributed by atoms with Crippen molar-refractivity contribution in [3.8, 4) is 0 Å². The van der Waals surface area contributed by atoms with Crippen LogP contribution in [0.5, 0.6) is 0 Å². The van der Waals surface area contributed by atoms with E-state index in [0.29, 0.717) is 0 Å². The molecule has 0 amide bonds. The van der Waals surface area contributed by atoms with Gasteiger partial charge in [0.15, 0.2) is 0 Å². The van der Waals surface area contributed by atoms with Crippen LogP contribution in [0, 0.1) is 27.7 Å². The van der Waals surface area contributed by atoms with E-state index in [1.165, 1.54) is 55.7 Å². The second-order valence-electron chi connectivity index (χ2n) is 15.2. The third-order valence-corrected chi connectivity index (χ3v) is 11.5. The van der Waals surface area contributed by atoms with Crippen LogP contribution in [0.2, 0.25) is 0 Å². The minimum atomic E-state index is -0.461. The highest BCUT2D eigenvalue weighted by molar-refractivity contribution is 5.89. The predicted octanol–water partition coefficient (Wildman–Crippen LogP) is 14.3. The Morgan fingerprint density at radius 2 is 0.745 bits per heavy atom. The van der Waals surface area contributed by atoms with Crippen LogP contribution in [0.4, 0.5) is 34.1 Å². The molecule has 2 aliphatic carbocycles. The first kappa shape index (κ1) is 34.4. The Labute approximate surface area is 326 Å². The minimum Gasteiger partial charge on any atom is -0.311 e. The van der Waals surface area contributed by atoms with Crippen LogP contribution in [0.15, 0.2) is 188 Å². The number of rotatable bonds is 8. The smallest absolute Gasteiger partial charge is 0.0710 e. The molecule has 0 heterocycles. The number of hydrogen-bond acceptors (Lipinski definition) is 2. The molecule has 0 radical (unpaired) electrons. The summed E-state index contributed by atoms with van der Waals surface area (Å²) in [6, 6.07) is 63.2. The normalized spacial score (nSPS) is 14.0. The third-order valence-electron chi connectivity index (χ3n) is 11.5. The number of aryl methyl sites for hydroxylation is 4. The van der Waals surface area contributed by atoms with E-state index in [4.69, 9.17) is 0 Å². The Morgan fingerprint density at radius 3 is 1.13 bits per heavy atom. The standard InChI is InChI=1S/C53H46N2/c1-37-13-25-43(26-14-37)54(44-27-15-38(2)16-28-44)47-33-21-41(22-34-47)53(51-11-7-5-9-49(51)50-10-6-8-12-52(50)53)42-23-35-48(36-24-42)55(45-29-17-39(3)18-30-45)46-31-19-40(4)20-32-46/h5,7-9,11-36H,6,10H2,1-4H3. The van der Waals surface area contributed by atoms with Gasteiger partial charge in [0.1, 0.15) is 0 Å². The van der Waals surface area contributed by atoms with E-state index in [1.807, 2.05) is 0 Å². The fourth-order valence-electron chi connectivity index (χ4n) is 8.69. The Bertz CT molecular complexity index is 2290. The topological polar surface area (TPSA) is 6.48 Å². The number of allylic oxidation sites excluding steroid dienone is 4. The predicted molar refractivity (Wildman–Crippen MR) is 233 cm³/mol. The number of fused-ring (bicyclic) bond motifs is 2. The highest BCUT2D eigenvalue weighted by atomic mass is 15.1. The lowest BCUT2D eigenvalue weighted by molar-refractivity contribution is 0.756. The summed E-state index contributed by atoms with van der Waals surface area (Å²) in [5.41, 5.74) is 19.5. The lowest BCUT2D eigenvalue weighted by atomic mass is 9.66. The van der Waals surface area contributed by atoms with Crippen LogP contribution >= 0.6 is 0 Å². The molecule has 0 saturated heterocycles. The fraction of sp³-hybridized carbons (Fsp3) is 0.132. The van der Waals surface area contributed by atoms with Gasteiger partial charge in [-0.25, -0.2) is 0 Å². The van der Waals surface area contributed by atoms with Gasteiger partial charge in [-0.2, -0.15) is 0 Å². The van der Waals surface area contributed by atoms with Crippen molar-refractivity contribution in [2.45, 2.75) is 46.0 Å². The summed E-state index contributed by atoms with van der Waals surface area (Å²) in [6.07, 6.45) is 6.89. The molecule has 268 valence electrons. The molecule has 7 aromatic rings. The number of benzene rings is 7. The van der Waals surface area contributed by atoms with Gasteiger partial charge in [0, 0.05) is 34.1 Å². The third kappa shape index (κ3) is 6.09. The van der Waals surface area contributed by atoms with Crippen LogP contribution in [0.25, 0.3) is 5.57 Å². The van der Waals surface area contributed by atoms with Crippen LogP contribution in [0.3, 0.4) is 0 Å². The first-order chi connectivity index (χ1) is 26.9. The fourth-order valence-corrected chi connectivity index (χ4v) is 8.69. The Morgan fingerprint density at radius 1 is 0.400 bits per heavy atom. The van der Waals surface area contributed by atoms with Gasteiger partial charge in [-0.1, -0.05) is 131 Å². The van der Waals surface area contributed by atoms with E-state index in [9.17, 15) is 0 Å². The van der Waals surface area contributed by atoms with Gasteiger partial charge in [-0.15, -0.1) is 0 Å². The molecule has 2 nitrogen and oxygen atoms in total. The van der Waals surface area contributed by atoms with Crippen molar-refractivity contribution in [1.29, 1.82) is 0 Å². The van der Waals surface area contributed by atoms with E-state index >= 15 is 0 Å². The molecule has 0 aromatic heterocycles. The average molecular weight is 711 g/mol. The molecule has 0 N–H and O–H groups in total. The molecule has 0 atom stereocenters. The average Bonchev–Trinajstić information content (AvgIpc) is 3.52. The molecule has 7 aromatic carbocycles.